The molecule has 17 heavy (non-hydrogen) atoms. The van der Waals surface area contributed by atoms with Crippen LogP contribution in [0.25, 0.3) is 0 Å². The maximum atomic E-state index is 11.6. The Labute approximate surface area is 113 Å². The van der Waals surface area contributed by atoms with Gasteiger partial charge in [0, 0.05) is 6.42 Å². The van der Waals surface area contributed by atoms with Crippen molar-refractivity contribution >= 4 is 37.2 Å². The van der Waals surface area contributed by atoms with Gasteiger partial charge in [0.15, 0.2) is 0 Å². The monoisotopic (exact) mass is 280 g/mol. The Morgan fingerprint density at radius 1 is 1.00 bits per heavy atom. The number of rotatable bonds is 5. The zero-order valence-electron chi connectivity index (χ0n) is 10.8. The smallest absolute Gasteiger partial charge is 0.324 e. The first kappa shape index (κ1) is 16.6. The van der Waals surface area contributed by atoms with Gasteiger partial charge in [-0.3, -0.25) is 9.59 Å². The number of ether oxygens (including phenoxy) is 2. The van der Waals surface area contributed by atoms with Gasteiger partial charge in [-0.05, 0) is 27.7 Å². The maximum absolute atomic E-state index is 11.6. The molecule has 0 aliphatic carbocycles. The molecule has 0 spiro atoms. The lowest BCUT2D eigenvalue weighted by molar-refractivity contribution is -0.190. The van der Waals surface area contributed by atoms with Crippen molar-refractivity contribution in [1.29, 1.82) is 0 Å². The van der Waals surface area contributed by atoms with E-state index in [1.165, 1.54) is 0 Å². The largest absolute Gasteiger partial charge is 0.424 e. The van der Waals surface area contributed by atoms with Gasteiger partial charge in [0.1, 0.15) is 9.49 Å². The van der Waals surface area contributed by atoms with Crippen molar-refractivity contribution in [2.45, 2.75) is 56.8 Å². The van der Waals surface area contributed by atoms with Crippen molar-refractivity contribution in [1.82, 2.24) is 0 Å². The van der Waals surface area contributed by atoms with E-state index in [4.69, 9.17) is 9.47 Å². The second-order valence-electron chi connectivity index (χ2n) is 4.77. The molecule has 0 N–H and O–H groups in total. The molecule has 0 aliphatic heterocycles. The lowest BCUT2D eigenvalue weighted by Gasteiger charge is -2.24. The average Bonchev–Trinajstić information content (AvgIpc) is 2.13. The van der Waals surface area contributed by atoms with E-state index in [1.54, 1.807) is 34.6 Å². The molecule has 0 heterocycles. The number of hydrogen-bond acceptors (Lipinski definition) is 6. The van der Waals surface area contributed by atoms with Crippen molar-refractivity contribution in [3.63, 3.8) is 0 Å². The van der Waals surface area contributed by atoms with Crippen LogP contribution in [0.15, 0.2) is 0 Å². The number of hydrogen-bond donors (Lipinski definition) is 2. The molecule has 0 aromatic rings. The molecule has 0 amide bonds. The van der Waals surface area contributed by atoms with Crippen molar-refractivity contribution in [3.05, 3.63) is 0 Å². The first-order valence-corrected chi connectivity index (χ1v) is 6.24. The highest BCUT2D eigenvalue weighted by atomic mass is 32.1. The molecule has 0 bridgehead atoms. The summed E-state index contributed by atoms with van der Waals surface area (Å²) in [6.07, 6.45) is -0.515. The van der Waals surface area contributed by atoms with Crippen LogP contribution in [-0.4, -0.2) is 27.7 Å². The standard InChI is InChI=1S/C11H20O4S2/c1-6-7(14-8(12)10(2,3)16)15-9(13)11(4,5)17/h7,16-17H,6H2,1-5H3. The molecule has 4 nitrogen and oxygen atoms in total. The SMILES string of the molecule is CCC(OC(=O)C(C)(C)S)OC(=O)C(C)(C)S. The topological polar surface area (TPSA) is 52.6 Å². The summed E-state index contributed by atoms with van der Waals surface area (Å²) >= 11 is 8.16. The molecule has 0 rings (SSSR count). The molecule has 0 saturated carbocycles. The zero-order chi connectivity index (χ0) is 13.9. The molecule has 6 heteroatoms. The van der Waals surface area contributed by atoms with Crippen LogP contribution in [0.4, 0.5) is 0 Å². The Balaban J connectivity index is 4.47. The van der Waals surface area contributed by atoms with E-state index in [9.17, 15) is 9.59 Å². The number of esters is 2. The van der Waals surface area contributed by atoms with Crippen molar-refractivity contribution in [2.75, 3.05) is 0 Å². The minimum Gasteiger partial charge on any atom is -0.424 e. The Kier molecular flexibility index (Phi) is 5.87. The molecule has 0 atom stereocenters. The maximum Gasteiger partial charge on any atom is 0.324 e. The van der Waals surface area contributed by atoms with Crippen LogP contribution < -0.4 is 0 Å². The van der Waals surface area contributed by atoms with Gasteiger partial charge in [-0.15, -0.1) is 0 Å². The second-order valence-corrected chi connectivity index (χ2v) is 7.00. The molecule has 0 fully saturated rings. The number of carbonyl (C=O) groups excluding carboxylic acids is 2. The zero-order valence-corrected chi connectivity index (χ0v) is 12.6. The summed E-state index contributed by atoms with van der Waals surface area (Å²) in [5.74, 6) is -1.06. The predicted octanol–water partition coefficient (Wildman–Crippen LogP) is 2.23. The summed E-state index contributed by atoms with van der Waals surface area (Å²) in [5, 5.41) is 0. The Morgan fingerprint density at radius 2 is 1.29 bits per heavy atom. The predicted molar refractivity (Wildman–Crippen MR) is 72.4 cm³/mol. The van der Waals surface area contributed by atoms with Gasteiger partial charge in [0.25, 0.3) is 0 Å². The fraction of sp³-hybridized carbons (Fsp3) is 0.818. The summed E-state index contributed by atoms with van der Waals surface area (Å²) in [4.78, 5) is 23.1. The van der Waals surface area contributed by atoms with E-state index in [0.717, 1.165) is 0 Å². The van der Waals surface area contributed by atoms with E-state index in [1.807, 2.05) is 0 Å². The Bertz CT molecular complexity index is 261. The van der Waals surface area contributed by atoms with Gasteiger partial charge in [0.05, 0.1) is 0 Å². The fourth-order valence-corrected chi connectivity index (χ4v) is 0.823. The highest BCUT2D eigenvalue weighted by Crippen LogP contribution is 2.19. The lowest BCUT2D eigenvalue weighted by Crippen LogP contribution is -2.37. The highest BCUT2D eigenvalue weighted by Gasteiger charge is 2.31. The van der Waals surface area contributed by atoms with E-state index in [0.29, 0.717) is 6.42 Å². The van der Waals surface area contributed by atoms with Gasteiger partial charge in [-0.25, -0.2) is 0 Å². The number of thiol groups is 2. The molecular formula is C11H20O4S2. The van der Waals surface area contributed by atoms with E-state index < -0.39 is 27.7 Å². The molecule has 0 aliphatic rings. The normalized spacial score (nSPS) is 12.5. The third kappa shape index (κ3) is 6.21. The van der Waals surface area contributed by atoms with E-state index in [-0.39, 0.29) is 0 Å². The third-order valence-corrected chi connectivity index (χ3v) is 2.17. The summed E-state index contributed by atoms with van der Waals surface area (Å²) in [6.45, 7) is 8.18. The van der Waals surface area contributed by atoms with Crippen LogP contribution in [-0.2, 0) is 19.1 Å². The van der Waals surface area contributed by atoms with Crippen LogP contribution in [0.5, 0.6) is 0 Å². The fourth-order valence-electron chi connectivity index (χ4n) is 0.718. The highest BCUT2D eigenvalue weighted by molar-refractivity contribution is 7.82. The average molecular weight is 280 g/mol. The van der Waals surface area contributed by atoms with Crippen molar-refractivity contribution in [3.8, 4) is 0 Å². The van der Waals surface area contributed by atoms with Gasteiger partial charge >= 0.3 is 11.9 Å². The molecule has 0 aromatic carbocycles. The molecular weight excluding hydrogens is 260 g/mol. The van der Waals surface area contributed by atoms with Crippen molar-refractivity contribution in [2.24, 2.45) is 0 Å². The van der Waals surface area contributed by atoms with Crippen LogP contribution in [0.3, 0.4) is 0 Å². The molecule has 0 aromatic heterocycles. The van der Waals surface area contributed by atoms with Gasteiger partial charge < -0.3 is 9.47 Å². The van der Waals surface area contributed by atoms with Crippen molar-refractivity contribution < 1.29 is 19.1 Å². The summed E-state index contributed by atoms with van der Waals surface area (Å²) in [5.41, 5.74) is 0. The molecule has 0 saturated heterocycles. The minimum atomic E-state index is -0.920. The van der Waals surface area contributed by atoms with Crippen LogP contribution in [0.2, 0.25) is 0 Å². The van der Waals surface area contributed by atoms with Gasteiger partial charge in [-0.2, -0.15) is 25.3 Å². The Hall–Kier alpha value is -0.360. The summed E-state index contributed by atoms with van der Waals surface area (Å²) in [7, 11) is 0. The molecule has 0 radical (unpaired) electrons. The first-order valence-electron chi connectivity index (χ1n) is 5.35. The second kappa shape index (κ2) is 6.00. The number of carbonyl (C=O) groups is 2. The Morgan fingerprint density at radius 3 is 1.47 bits per heavy atom. The van der Waals surface area contributed by atoms with Gasteiger partial charge in [0.2, 0.25) is 6.29 Å². The van der Waals surface area contributed by atoms with Crippen LogP contribution in [0.1, 0.15) is 41.0 Å². The van der Waals surface area contributed by atoms with Crippen LogP contribution in [0, 0.1) is 0 Å². The first-order chi connectivity index (χ1) is 7.48. The van der Waals surface area contributed by atoms with Crippen LogP contribution >= 0.6 is 25.3 Å². The van der Waals surface area contributed by atoms with E-state index in [2.05, 4.69) is 25.3 Å². The summed E-state index contributed by atoms with van der Waals surface area (Å²) in [6, 6.07) is 0. The quantitative estimate of drug-likeness (QED) is 0.461. The molecule has 100 valence electrons. The molecule has 0 unspecified atom stereocenters. The third-order valence-electron chi connectivity index (χ3n) is 1.81. The minimum absolute atomic E-state index is 0.380. The lowest BCUT2D eigenvalue weighted by atomic mass is 10.2. The van der Waals surface area contributed by atoms with E-state index >= 15 is 0 Å². The summed E-state index contributed by atoms with van der Waals surface area (Å²) < 4.78 is 8.23. The van der Waals surface area contributed by atoms with Gasteiger partial charge in [-0.1, -0.05) is 6.92 Å².